The lowest BCUT2D eigenvalue weighted by Gasteiger charge is -2.29. The molecule has 0 amide bonds. The summed E-state index contributed by atoms with van der Waals surface area (Å²) in [5.74, 6) is -0.192. The van der Waals surface area contributed by atoms with Crippen LogP contribution in [0.15, 0.2) is 0 Å². The molecule has 0 fully saturated rings. The maximum atomic E-state index is 13.1. The van der Waals surface area contributed by atoms with Crippen LogP contribution < -0.4 is 0 Å². The third-order valence-corrected chi connectivity index (χ3v) is 15.1. The molecule has 0 saturated heterocycles. The number of hydrogen-bond donors (Lipinski definition) is 0. The first kappa shape index (κ1) is 26.1. The highest BCUT2D eigenvalue weighted by atomic mass is 31.8. The number of methoxy groups -OCH3 is 1. The summed E-state index contributed by atoms with van der Waals surface area (Å²) in [7, 11) is 4.47. The minimum absolute atomic E-state index is 0.0342. The molecule has 1 unspecified atom stereocenters. The average molecular weight is 485 g/mol. The Morgan fingerprint density at radius 1 is 0.800 bits per heavy atom. The molecule has 30 heavy (non-hydrogen) atoms. The smallest absolute Gasteiger partial charge is 0.356 e. The van der Waals surface area contributed by atoms with Crippen molar-refractivity contribution in [1.82, 2.24) is 4.10 Å². The highest BCUT2D eigenvalue weighted by Crippen LogP contribution is 2.63. The second-order valence-corrected chi connectivity index (χ2v) is 18.2. The van der Waals surface area contributed by atoms with Gasteiger partial charge < -0.3 is 4.74 Å². The van der Waals surface area contributed by atoms with Crippen LogP contribution in [0.5, 0.6) is 0 Å². The summed E-state index contributed by atoms with van der Waals surface area (Å²) >= 11 is 0. The lowest BCUT2D eigenvalue weighted by Crippen LogP contribution is -2.20. The number of hydrogen-bond acceptors (Lipinski definition) is 2. The molecule has 0 radical (unpaired) electrons. The Bertz CT molecular complexity index is 942. The molecule has 0 saturated carbocycles. The number of esters is 1. The SMILES string of the molecule is COC(=O)c1c(C(C)(C)C)ppn1-p1c(C(C)(C)C)pc(C(C)(C)C)c1C(C)(C)C. The molecule has 0 aliphatic heterocycles. The molecule has 7 heteroatoms. The van der Waals surface area contributed by atoms with Crippen molar-refractivity contribution in [2.75, 3.05) is 7.11 Å². The molecular weight excluding hydrogens is 446 g/mol. The van der Waals surface area contributed by atoms with Gasteiger partial charge in [-0.2, -0.15) is 0 Å². The van der Waals surface area contributed by atoms with Crippen LogP contribution >= 0.6 is 31.8 Å². The minimum atomic E-state index is -0.765. The molecule has 0 aromatic carbocycles. The van der Waals surface area contributed by atoms with Crippen molar-refractivity contribution in [3.63, 3.8) is 0 Å². The van der Waals surface area contributed by atoms with Gasteiger partial charge in [0.1, 0.15) is 5.69 Å². The Hall–Kier alpha value is -0.180. The van der Waals surface area contributed by atoms with Crippen molar-refractivity contribution in [2.45, 2.75) is 105 Å². The van der Waals surface area contributed by atoms with Gasteiger partial charge in [0.25, 0.3) is 0 Å². The first-order valence-corrected chi connectivity index (χ1v) is 15.1. The van der Waals surface area contributed by atoms with Crippen molar-refractivity contribution < 1.29 is 9.53 Å². The highest BCUT2D eigenvalue weighted by molar-refractivity contribution is 7.91. The number of ether oxygens (including phenoxy) is 1. The Kier molecular flexibility index (Phi) is 7.22. The van der Waals surface area contributed by atoms with E-state index in [1.807, 2.05) is 0 Å². The maximum Gasteiger partial charge on any atom is 0.356 e. The largest absolute Gasteiger partial charge is 0.464 e. The van der Waals surface area contributed by atoms with Crippen LogP contribution in [-0.2, 0) is 26.4 Å². The summed E-state index contributed by atoms with van der Waals surface area (Å²) in [4.78, 5) is 13.1. The fraction of sp³-hybridized carbons (Fsp3) is 0.739. The maximum absolute atomic E-state index is 13.1. The van der Waals surface area contributed by atoms with Gasteiger partial charge in [0, 0.05) is 15.6 Å². The Labute approximate surface area is 189 Å². The van der Waals surface area contributed by atoms with Gasteiger partial charge in [-0.3, -0.25) is 4.10 Å². The highest BCUT2D eigenvalue weighted by Gasteiger charge is 2.38. The second kappa shape index (κ2) is 8.31. The number of nitrogens with zero attached hydrogens (tertiary/aromatic N) is 1. The molecule has 0 aliphatic rings. The predicted octanol–water partition coefficient (Wildman–Crippen LogP) is 9.50. The van der Waals surface area contributed by atoms with Gasteiger partial charge in [-0.15, -0.1) is 0 Å². The van der Waals surface area contributed by atoms with E-state index < -0.39 is 7.68 Å². The summed E-state index contributed by atoms with van der Waals surface area (Å²) in [6.45, 7) is 27.6. The predicted molar refractivity (Wildman–Crippen MR) is 138 cm³/mol. The van der Waals surface area contributed by atoms with Crippen molar-refractivity contribution >= 4 is 37.7 Å². The van der Waals surface area contributed by atoms with Crippen LogP contribution in [0, 0.1) is 0 Å². The van der Waals surface area contributed by atoms with Crippen molar-refractivity contribution in [3.05, 3.63) is 26.6 Å². The third-order valence-electron chi connectivity index (χ3n) is 4.88. The molecule has 0 aliphatic carbocycles. The summed E-state index contributed by atoms with van der Waals surface area (Å²) in [5.41, 5.74) is 0.920. The number of rotatable bonds is 2. The molecule has 0 N–H and O–H groups in total. The van der Waals surface area contributed by atoms with Gasteiger partial charge in [0.2, 0.25) is 0 Å². The number of aromatic nitrogens is 1. The van der Waals surface area contributed by atoms with Crippen LogP contribution in [0.1, 0.15) is 114 Å². The fourth-order valence-corrected chi connectivity index (χ4v) is 14.6. The monoisotopic (exact) mass is 485 g/mol. The van der Waals surface area contributed by atoms with Crippen molar-refractivity contribution in [1.29, 1.82) is 0 Å². The molecule has 0 bridgehead atoms. The van der Waals surface area contributed by atoms with Gasteiger partial charge in [0.15, 0.2) is 0 Å². The molecule has 2 aromatic rings. The summed E-state index contributed by atoms with van der Waals surface area (Å²) in [6.07, 6.45) is 0. The van der Waals surface area contributed by atoms with Crippen molar-refractivity contribution in [2.24, 2.45) is 0 Å². The van der Waals surface area contributed by atoms with Gasteiger partial charge in [-0.25, -0.2) is 4.79 Å². The van der Waals surface area contributed by atoms with Crippen LogP contribution in [0.2, 0.25) is 0 Å². The van der Waals surface area contributed by atoms with Gasteiger partial charge in [0.05, 0.1) is 15.1 Å². The topological polar surface area (TPSA) is 31.2 Å². The Morgan fingerprint density at radius 3 is 1.67 bits per heavy atom. The van der Waals surface area contributed by atoms with E-state index in [0.717, 1.165) is 5.69 Å². The van der Waals surface area contributed by atoms with E-state index in [1.165, 1.54) is 47.1 Å². The normalized spacial score (nSPS) is 15.0. The zero-order valence-corrected chi connectivity index (χ0v) is 24.6. The van der Waals surface area contributed by atoms with E-state index in [4.69, 9.17) is 4.74 Å². The Balaban J connectivity index is 3.11. The van der Waals surface area contributed by atoms with Gasteiger partial charge in [-0.1, -0.05) is 91.3 Å². The van der Waals surface area contributed by atoms with Gasteiger partial charge in [-0.05, 0) is 42.5 Å². The first-order chi connectivity index (χ1) is 13.3. The molecule has 168 valence electrons. The average Bonchev–Trinajstić information content (AvgIpc) is 3.13. The van der Waals surface area contributed by atoms with Crippen LogP contribution in [0.25, 0.3) is 0 Å². The first-order valence-electron chi connectivity index (χ1n) is 10.5. The summed E-state index contributed by atoms with van der Waals surface area (Å²) in [6, 6.07) is 0. The zero-order chi connectivity index (χ0) is 23.4. The van der Waals surface area contributed by atoms with Crippen LogP contribution in [-0.4, -0.2) is 17.2 Å². The molecule has 3 nitrogen and oxygen atoms in total. The molecule has 2 aromatic heterocycles. The second-order valence-electron chi connectivity index (χ2n) is 12.1. The molecule has 1 atom stereocenters. The molecule has 2 heterocycles. The van der Waals surface area contributed by atoms with Crippen LogP contribution in [0.3, 0.4) is 0 Å². The fourth-order valence-electron chi connectivity index (χ4n) is 3.47. The summed E-state index contributed by atoms with van der Waals surface area (Å²) < 4.78 is 7.73. The molecular formula is C23H39NO2P4. The standard InChI is InChI=1S/C23H39NO2P4/c1-20(2,3)15-14(18(25)26-13)24(29-28-15)30-17(22(7,8)9)16(21(4,5)6)27-19(30)23(10,11)12/h1-13H3. The van der Waals surface area contributed by atoms with Gasteiger partial charge >= 0.3 is 5.97 Å². The quantitative estimate of drug-likeness (QED) is 0.397. The zero-order valence-electron chi connectivity index (χ0n) is 21.1. The minimum Gasteiger partial charge on any atom is -0.464 e. The van der Waals surface area contributed by atoms with E-state index in [2.05, 4.69) is 87.2 Å². The van der Waals surface area contributed by atoms with E-state index >= 15 is 0 Å². The number of carbonyl (C=O) groups excluding carboxylic acids is 1. The van der Waals surface area contributed by atoms with Crippen molar-refractivity contribution in [3.8, 4) is 0 Å². The van der Waals surface area contributed by atoms with Crippen LogP contribution in [0.4, 0.5) is 0 Å². The molecule has 0 spiro atoms. The third kappa shape index (κ3) is 5.07. The van der Waals surface area contributed by atoms with E-state index in [-0.39, 0.29) is 27.6 Å². The van der Waals surface area contributed by atoms with E-state index in [0.29, 0.717) is 0 Å². The Morgan fingerprint density at radius 2 is 1.30 bits per heavy atom. The lowest BCUT2D eigenvalue weighted by atomic mass is 9.86. The lowest BCUT2D eigenvalue weighted by molar-refractivity contribution is 0.0591. The molecule has 2 rings (SSSR count). The van der Waals surface area contributed by atoms with E-state index in [1.54, 1.807) is 5.03 Å². The summed E-state index contributed by atoms with van der Waals surface area (Å²) in [5, 5.41) is 5.81. The van der Waals surface area contributed by atoms with E-state index in [9.17, 15) is 4.79 Å². The number of carbonyl (C=O) groups is 1.